The van der Waals surface area contributed by atoms with Crippen LogP contribution in [-0.2, 0) is 29.0 Å². The van der Waals surface area contributed by atoms with E-state index in [4.69, 9.17) is 4.74 Å². The zero-order chi connectivity index (χ0) is 29.1. The number of pyridine rings is 2. The Morgan fingerprint density at radius 2 is 1.62 bits per heavy atom. The van der Waals surface area contributed by atoms with E-state index in [2.05, 4.69) is 0 Å². The monoisotopic (exact) mass is 546 g/mol. The molecule has 0 bridgehead atoms. The molecule has 1 atom stereocenters. The summed E-state index contributed by atoms with van der Waals surface area (Å²) < 4.78 is 8.05. The average Bonchev–Trinajstić information content (AvgIpc) is 2.91. The smallest absolute Gasteiger partial charge is 0.306 e. The van der Waals surface area contributed by atoms with Crippen LogP contribution < -0.4 is 11.1 Å². The fraction of sp³-hybridized carbons (Fsp3) is 0.323. The van der Waals surface area contributed by atoms with Crippen LogP contribution in [0.25, 0.3) is 10.9 Å². The highest BCUT2D eigenvalue weighted by atomic mass is 16.5. The Morgan fingerprint density at radius 1 is 0.900 bits per heavy atom. The van der Waals surface area contributed by atoms with Crippen molar-refractivity contribution in [1.82, 2.24) is 9.13 Å². The molecule has 4 rings (SSSR count). The van der Waals surface area contributed by atoms with Crippen molar-refractivity contribution in [1.29, 1.82) is 0 Å². The summed E-state index contributed by atoms with van der Waals surface area (Å²) in [6.45, 7) is 6.31. The molecule has 1 unspecified atom stereocenters. The minimum Gasteiger partial charge on any atom is -0.507 e. The van der Waals surface area contributed by atoms with Crippen LogP contribution in [0.4, 0.5) is 0 Å². The number of hydrogen-bond donors (Lipinski definition) is 3. The lowest BCUT2D eigenvalue weighted by Crippen LogP contribution is -2.33. The van der Waals surface area contributed by atoms with E-state index in [0.717, 1.165) is 10.9 Å². The second-order valence-electron chi connectivity index (χ2n) is 10.4. The average molecular weight is 547 g/mol. The summed E-state index contributed by atoms with van der Waals surface area (Å²) in [5.41, 5.74) is 1.20. The predicted octanol–water partition coefficient (Wildman–Crippen LogP) is 4.18. The summed E-state index contributed by atoms with van der Waals surface area (Å²) >= 11 is 0. The van der Waals surface area contributed by atoms with Gasteiger partial charge in [-0.15, -0.1) is 0 Å². The number of nitrogens with zero attached hydrogens (tertiary/aromatic N) is 2. The highest BCUT2D eigenvalue weighted by molar-refractivity contribution is 5.80. The van der Waals surface area contributed by atoms with Crippen molar-refractivity contribution in [3.05, 3.63) is 97.7 Å². The number of benzene rings is 2. The third-order valence-electron chi connectivity index (χ3n) is 7.09. The van der Waals surface area contributed by atoms with Crippen LogP contribution in [0.2, 0.25) is 0 Å². The zero-order valence-corrected chi connectivity index (χ0v) is 23.0. The van der Waals surface area contributed by atoms with E-state index in [1.807, 2.05) is 38.1 Å². The molecule has 0 aliphatic heterocycles. The van der Waals surface area contributed by atoms with Gasteiger partial charge in [-0.3, -0.25) is 14.4 Å². The second-order valence-corrected chi connectivity index (χ2v) is 10.4. The van der Waals surface area contributed by atoms with Gasteiger partial charge in [0.15, 0.2) is 11.5 Å². The maximum absolute atomic E-state index is 13.9. The normalized spacial score (nSPS) is 12.1. The number of aromatic hydroxyl groups is 3. The number of hydrogen-bond acceptors (Lipinski definition) is 7. The minimum absolute atomic E-state index is 0.0620. The number of phenols is 2. The van der Waals surface area contributed by atoms with Crippen LogP contribution in [0.3, 0.4) is 0 Å². The van der Waals surface area contributed by atoms with Crippen LogP contribution >= 0.6 is 0 Å². The number of aryl methyl sites for hydroxylation is 2. The number of methoxy groups -OCH3 is 1. The predicted molar refractivity (Wildman–Crippen MR) is 152 cm³/mol. The van der Waals surface area contributed by atoms with Gasteiger partial charge >= 0.3 is 5.97 Å². The van der Waals surface area contributed by atoms with E-state index >= 15 is 0 Å². The molecule has 40 heavy (non-hydrogen) atoms. The van der Waals surface area contributed by atoms with Gasteiger partial charge in [0.2, 0.25) is 0 Å². The first-order valence-electron chi connectivity index (χ1n) is 13.1. The van der Waals surface area contributed by atoms with Gasteiger partial charge in [0.1, 0.15) is 5.75 Å². The SMILES string of the molecule is COC(=O)CC(c1c(O)cc(C)n(CCc2ccc(O)c(O)c2)c1=O)c1cc2ccccc2n(CC(C)C)c1=O. The van der Waals surface area contributed by atoms with Crippen molar-refractivity contribution in [2.45, 2.75) is 52.6 Å². The van der Waals surface area contributed by atoms with Crippen molar-refractivity contribution in [3.63, 3.8) is 0 Å². The van der Waals surface area contributed by atoms with E-state index < -0.39 is 17.4 Å². The Kier molecular flexibility index (Phi) is 8.32. The Hall–Kier alpha value is -4.53. The summed E-state index contributed by atoms with van der Waals surface area (Å²) in [6.07, 6.45) is 0.0289. The fourth-order valence-corrected chi connectivity index (χ4v) is 5.10. The molecule has 2 heterocycles. The third-order valence-corrected chi connectivity index (χ3v) is 7.09. The van der Waals surface area contributed by atoms with Gasteiger partial charge in [-0.05, 0) is 60.5 Å². The van der Waals surface area contributed by atoms with E-state index in [1.54, 1.807) is 23.6 Å². The summed E-state index contributed by atoms with van der Waals surface area (Å²) in [5.74, 6) is -2.34. The van der Waals surface area contributed by atoms with Gasteiger partial charge in [-0.2, -0.15) is 0 Å². The highest BCUT2D eigenvalue weighted by Gasteiger charge is 2.30. The minimum atomic E-state index is -1.06. The lowest BCUT2D eigenvalue weighted by Gasteiger charge is -2.22. The number of para-hydroxylation sites is 1. The molecular formula is C31H34N2O7. The molecule has 9 heteroatoms. The Balaban J connectivity index is 1.89. The number of carbonyl (C=O) groups is 1. The molecule has 4 aromatic rings. The first kappa shape index (κ1) is 28.5. The van der Waals surface area contributed by atoms with Crippen molar-refractivity contribution in [2.24, 2.45) is 5.92 Å². The van der Waals surface area contributed by atoms with E-state index in [-0.39, 0.29) is 52.8 Å². The number of phenolic OH excluding ortho intramolecular Hbond substituents is 2. The maximum atomic E-state index is 13.9. The quantitative estimate of drug-likeness (QED) is 0.212. The standard InChI is InChI=1S/C31H34N2O7/c1-18(2)17-33-24-8-6-5-7-21(24)15-23(30(33)38)22(16-28(37)40-4)29-27(36)13-19(3)32(31(29)39)12-11-20-9-10-25(34)26(35)14-20/h5-10,13-15,18,22,34-36H,11-12,16-17H2,1-4H3. The van der Waals surface area contributed by atoms with Gasteiger partial charge in [-0.25, -0.2) is 0 Å². The molecule has 210 valence electrons. The fourth-order valence-electron chi connectivity index (χ4n) is 5.10. The molecule has 0 fully saturated rings. The van der Waals surface area contributed by atoms with Gasteiger partial charge < -0.3 is 29.2 Å². The van der Waals surface area contributed by atoms with Crippen LogP contribution in [0.5, 0.6) is 17.2 Å². The summed E-state index contributed by atoms with van der Waals surface area (Å²) in [7, 11) is 1.23. The molecule has 0 saturated heterocycles. The lowest BCUT2D eigenvalue weighted by molar-refractivity contribution is -0.140. The third kappa shape index (κ3) is 5.73. The highest BCUT2D eigenvalue weighted by Crippen LogP contribution is 2.33. The van der Waals surface area contributed by atoms with E-state index in [1.165, 1.54) is 29.9 Å². The number of rotatable bonds is 9. The maximum Gasteiger partial charge on any atom is 0.306 e. The Bertz CT molecular complexity index is 1680. The first-order chi connectivity index (χ1) is 19.0. The molecule has 0 aliphatic carbocycles. The van der Waals surface area contributed by atoms with E-state index in [9.17, 15) is 29.7 Å². The molecule has 3 N–H and O–H groups in total. The van der Waals surface area contributed by atoms with Gasteiger partial charge in [0, 0.05) is 30.3 Å². The summed E-state index contributed by atoms with van der Waals surface area (Å²) in [6, 6.07) is 15.0. The van der Waals surface area contributed by atoms with Crippen molar-refractivity contribution in [3.8, 4) is 17.2 Å². The van der Waals surface area contributed by atoms with Crippen LogP contribution in [0, 0.1) is 12.8 Å². The number of esters is 1. The molecule has 9 nitrogen and oxygen atoms in total. The van der Waals surface area contributed by atoms with Crippen molar-refractivity contribution < 1.29 is 24.9 Å². The van der Waals surface area contributed by atoms with Gasteiger partial charge in [-0.1, -0.05) is 38.1 Å². The molecule has 2 aromatic heterocycles. The number of ether oxygens (including phenoxy) is 1. The van der Waals surface area contributed by atoms with Crippen LogP contribution in [0.15, 0.2) is 64.2 Å². The molecular weight excluding hydrogens is 512 g/mol. The molecule has 0 radical (unpaired) electrons. The number of carbonyl (C=O) groups excluding carboxylic acids is 1. The van der Waals surface area contributed by atoms with Gasteiger partial charge in [0.25, 0.3) is 11.1 Å². The topological polar surface area (TPSA) is 131 Å². The largest absolute Gasteiger partial charge is 0.507 e. The van der Waals surface area contributed by atoms with Crippen molar-refractivity contribution >= 4 is 16.9 Å². The van der Waals surface area contributed by atoms with Crippen LogP contribution in [0.1, 0.15) is 48.6 Å². The van der Waals surface area contributed by atoms with Crippen molar-refractivity contribution in [2.75, 3.05) is 7.11 Å². The first-order valence-corrected chi connectivity index (χ1v) is 13.1. The Labute approximate surface area is 231 Å². The molecule has 0 amide bonds. The lowest BCUT2D eigenvalue weighted by atomic mass is 9.88. The Morgan fingerprint density at radius 3 is 2.30 bits per heavy atom. The van der Waals surface area contributed by atoms with Crippen LogP contribution in [-0.4, -0.2) is 37.5 Å². The van der Waals surface area contributed by atoms with Gasteiger partial charge in [0.05, 0.1) is 24.6 Å². The zero-order valence-electron chi connectivity index (χ0n) is 23.0. The molecule has 0 saturated carbocycles. The number of fused-ring (bicyclic) bond motifs is 1. The molecule has 0 aliphatic rings. The molecule has 0 spiro atoms. The van der Waals surface area contributed by atoms with E-state index in [0.29, 0.717) is 24.2 Å². The summed E-state index contributed by atoms with van der Waals surface area (Å²) in [4.78, 5) is 40.4. The molecule has 2 aromatic carbocycles. The second kappa shape index (κ2) is 11.7. The number of aromatic nitrogens is 2. The summed E-state index contributed by atoms with van der Waals surface area (Å²) in [5, 5.41) is 31.3.